The van der Waals surface area contributed by atoms with E-state index >= 15 is 0 Å². The molecule has 0 spiro atoms. The molecule has 0 unspecified atom stereocenters. The Kier molecular flexibility index (Phi) is 5.18. The van der Waals surface area contributed by atoms with Crippen molar-refractivity contribution in [2.45, 2.75) is 6.92 Å². The summed E-state index contributed by atoms with van der Waals surface area (Å²) < 4.78 is 7.10. The molecule has 0 saturated carbocycles. The largest absolute Gasteiger partial charge is 0.494 e. The van der Waals surface area contributed by atoms with Crippen LogP contribution < -0.4 is 9.64 Å². The number of aromatic nitrogens is 4. The lowest BCUT2D eigenvalue weighted by atomic mass is 10.1. The summed E-state index contributed by atoms with van der Waals surface area (Å²) in [5.41, 5.74) is 0.681. The molecule has 3 aromatic rings. The van der Waals surface area contributed by atoms with E-state index in [-0.39, 0.29) is 5.91 Å². The predicted molar refractivity (Wildman–Crippen MR) is 105 cm³/mol. The molecule has 2 aromatic heterocycles. The predicted octanol–water partition coefficient (Wildman–Crippen LogP) is 2.02. The van der Waals surface area contributed by atoms with Gasteiger partial charge in [-0.15, -0.1) is 10.2 Å². The van der Waals surface area contributed by atoms with Gasteiger partial charge in [0.2, 0.25) is 0 Å². The molecule has 0 bridgehead atoms. The second-order valence-corrected chi connectivity index (χ2v) is 6.44. The lowest BCUT2D eigenvalue weighted by molar-refractivity contribution is 0.0746. The molecule has 4 rings (SSSR count). The molecule has 0 aliphatic carbocycles. The SMILES string of the molecule is CCOc1ccc(C(=O)N2CCN(c3ccc(-n4cccn4)nn3)CC2)cc1. The summed E-state index contributed by atoms with van der Waals surface area (Å²) in [6.07, 6.45) is 3.53. The lowest BCUT2D eigenvalue weighted by Gasteiger charge is -2.35. The van der Waals surface area contributed by atoms with Crippen molar-refractivity contribution in [3.05, 3.63) is 60.4 Å². The standard InChI is InChI=1S/C20H22N6O2/c1-2-28-17-6-4-16(5-7-17)20(27)25-14-12-24(13-15-25)18-8-9-19(23-22-18)26-11-3-10-21-26/h3-11H,2,12-15H2,1H3. The van der Waals surface area contributed by atoms with Gasteiger partial charge in [-0.05, 0) is 49.4 Å². The van der Waals surface area contributed by atoms with Crippen molar-refractivity contribution in [3.8, 4) is 11.6 Å². The summed E-state index contributed by atoms with van der Waals surface area (Å²) in [6.45, 7) is 5.29. The minimum absolute atomic E-state index is 0.0443. The van der Waals surface area contributed by atoms with Gasteiger partial charge in [0.1, 0.15) is 5.75 Å². The van der Waals surface area contributed by atoms with Gasteiger partial charge in [-0.3, -0.25) is 4.79 Å². The number of hydrogen-bond donors (Lipinski definition) is 0. The number of amides is 1. The van der Waals surface area contributed by atoms with Crippen LogP contribution in [0.4, 0.5) is 5.82 Å². The smallest absolute Gasteiger partial charge is 0.253 e. The summed E-state index contributed by atoms with van der Waals surface area (Å²) in [4.78, 5) is 16.7. The van der Waals surface area contributed by atoms with E-state index in [1.165, 1.54) is 0 Å². The molecular formula is C20H22N6O2. The zero-order chi connectivity index (χ0) is 19.3. The Hall–Kier alpha value is -3.42. The van der Waals surface area contributed by atoms with Gasteiger partial charge in [-0.25, -0.2) is 4.68 Å². The highest BCUT2D eigenvalue weighted by molar-refractivity contribution is 5.94. The van der Waals surface area contributed by atoms with Crippen molar-refractivity contribution < 1.29 is 9.53 Å². The molecule has 0 atom stereocenters. The van der Waals surface area contributed by atoms with Crippen molar-refractivity contribution in [2.75, 3.05) is 37.7 Å². The first-order valence-electron chi connectivity index (χ1n) is 9.35. The molecule has 1 fully saturated rings. The zero-order valence-corrected chi connectivity index (χ0v) is 15.7. The number of hydrogen-bond acceptors (Lipinski definition) is 6. The van der Waals surface area contributed by atoms with Gasteiger partial charge in [-0.2, -0.15) is 5.10 Å². The molecule has 3 heterocycles. The Labute approximate surface area is 163 Å². The molecule has 1 aliphatic heterocycles. The number of carbonyl (C=O) groups excluding carboxylic acids is 1. The van der Waals surface area contributed by atoms with Crippen molar-refractivity contribution in [2.24, 2.45) is 0 Å². The molecule has 8 heteroatoms. The summed E-state index contributed by atoms with van der Waals surface area (Å²) in [5.74, 6) is 2.31. The van der Waals surface area contributed by atoms with Crippen LogP contribution in [0.1, 0.15) is 17.3 Å². The number of nitrogens with zero attached hydrogens (tertiary/aromatic N) is 6. The third-order valence-corrected chi connectivity index (χ3v) is 4.68. The second kappa shape index (κ2) is 8.08. The Balaban J connectivity index is 1.35. The molecular weight excluding hydrogens is 356 g/mol. The topological polar surface area (TPSA) is 76.4 Å². The lowest BCUT2D eigenvalue weighted by Crippen LogP contribution is -2.49. The average molecular weight is 378 g/mol. The second-order valence-electron chi connectivity index (χ2n) is 6.44. The van der Waals surface area contributed by atoms with Crippen molar-refractivity contribution in [1.82, 2.24) is 24.9 Å². The van der Waals surface area contributed by atoms with E-state index in [1.807, 2.05) is 60.5 Å². The fourth-order valence-corrected chi connectivity index (χ4v) is 3.19. The van der Waals surface area contributed by atoms with Crippen LogP contribution in [0.2, 0.25) is 0 Å². The monoisotopic (exact) mass is 378 g/mol. The van der Waals surface area contributed by atoms with Crippen molar-refractivity contribution in [1.29, 1.82) is 0 Å². The number of rotatable bonds is 5. The average Bonchev–Trinajstić information content (AvgIpc) is 3.29. The highest BCUT2D eigenvalue weighted by Crippen LogP contribution is 2.17. The Morgan fingerprint density at radius 2 is 1.71 bits per heavy atom. The normalized spacial score (nSPS) is 14.2. The Bertz CT molecular complexity index is 901. The molecule has 1 aliphatic rings. The van der Waals surface area contributed by atoms with Crippen LogP contribution in [0.5, 0.6) is 5.75 Å². The fraction of sp³-hybridized carbons (Fsp3) is 0.300. The fourth-order valence-electron chi connectivity index (χ4n) is 3.19. The summed E-state index contributed by atoms with van der Waals surface area (Å²) in [7, 11) is 0. The molecule has 144 valence electrons. The molecule has 1 amide bonds. The maximum absolute atomic E-state index is 12.7. The minimum atomic E-state index is 0.0443. The number of piperazine rings is 1. The van der Waals surface area contributed by atoms with E-state index in [9.17, 15) is 4.79 Å². The van der Waals surface area contributed by atoms with Crippen molar-refractivity contribution in [3.63, 3.8) is 0 Å². The minimum Gasteiger partial charge on any atom is -0.494 e. The summed E-state index contributed by atoms with van der Waals surface area (Å²) in [5, 5.41) is 12.7. The Morgan fingerprint density at radius 3 is 2.32 bits per heavy atom. The molecule has 8 nitrogen and oxygen atoms in total. The number of carbonyl (C=O) groups is 1. The first-order chi connectivity index (χ1) is 13.7. The Morgan fingerprint density at radius 1 is 1.00 bits per heavy atom. The number of anilines is 1. The van der Waals surface area contributed by atoms with Crippen LogP contribution in [0.25, 0.3) is 5.82 Å². The molecule has 0 N–H and O–H groups in total. The summed E-state index contributed by atoms with van der Waals surface area (Å²) >= 11 is 0. The quantitative estimate of drug-likeness (QED) is 0.676. The molecule has 1 aromatic carbocycles. The van der Waals surface area contributed by atoms with E-state index in [2.05, 4.69) is 20.2 Å². The van der Waals surface area contributed by atoms with Gasteiger partial charge in [0.05, 0.1) is 6.61 Å². The van der Waals surface area contributed by atoms with Crippen LogP contribution in [0.3, 0.4) is 0 Å². The molecule has 0 radical (unpaired) electrons. The number of benzene rings is 1. The maximum atomic E-state index is 12.7. The van der Waals surface area contributed by atoms with Crippen LogP contribution >= 0.6 is 0 Å². The van der Waals surface area contributed by atoms with Gasteiger partial charge in [-0.1, -0.05) is 0 Å². The number of ether oxygens (including phenoxy) is 1. The van der Waals surface area contributed by atoms with Gasteiger partial charge in [0, 0.05) is 44.1 Å². The first kappa shape index (κ1) is 18.0. The van der Waals surface area contributed by atoms with Crippen LogP contribution in [0.15, 0.2) is 54.9 Å². The van der Waals surface area contributed by atoms with Crippen LogP contribution in [-0.4, -0.2) is 63.6 Å². The van der Waals surface area contributed by atoms with Gasteiger partial charge < -0.3 is 14.5 Å². The van der Waals surface area contributed by atoms with Gasteiger partial charge >= 0.3 is 0 Å². The van der Waals surface area contributed by atoms with Crippen LogP contribution in [0, 0.1) is 0 Å². The van der Waals surface area contributed by atoms with E-state index < -0.39 is 0 Å². The highest BCUT2D eigenvalue weighted by atomic mass is 16.5. The summed E-state index contributed by atoms with van der Waals surface area (Å²) in [6, 6.07) is 13.0. The van der Waals surface area contributed by atoms with E-state index in [1.54, 1.807) is 10.9 Å². The third kappa shape index (κ3) is 3.80. The van der Waals surface area contributed by atoms with E-state index in [0.29, 0.717) is 31.1 Å². The highest BCUT2D eigenvalue weighted by Gasteiger charge is 2.23. The third-order valence-electron chi connectivity index (χ3n) is 4.68. The van der Waals surface area contributed by atoms with Gasteiger partial charge in [0.25, 0.3) is 5.91 Å². The van der Waals surface area contributed by atoms with Crippen LogP contribution in [-0.2, 0) is 0 Å². The molecule has 1 saturated heterocycles. The maximum Gasteiger partial charge on any atom is 0.253 e. The molecule has 28 heavy (non-hydrogen) atoms. The van der Waals surface area contributed by atoms with Gasteiger partial charge in [0.15, 0.2) is 11.6 Å². The zero-order valence-electron chi connectivity index (χ0n) is 15.7. The first-order valence-corrected chi connectivity index (χ1v) is 9.35. The van der Waals surface area contributed by atoms with E-state index in [0.717, 1.165) is 24.7 Å². The van der Waals surface area contributed by atoms with Crippen molar-refractivity contribution >= 4 is 11.7 Å². The van der Waals surface area contributed by atoms with E-state index in [4.69, 9.17) is 4.74 Å².